The summed E-state index contributed by atoms with van der Waals surface area (Å²) in [6.45, 7) is 0.191. The fourth-order valence-electron chi connectivity index (χ4n) is 2.45. The molecule has 0 bridgehead atoms. The van der Waals surface area contributed by atoms with Gasteiger partial charge in [-0.05, 0) is 31.4 Å². The number of carbonyl (C=O) groups is 2. The van der Waals surface area contributed by atoms with E-state index in [9.17, 15) is 9.59 Å². The maximum atomic E-state index is 12.2. The van der Waals surface area contributed by atoms with Gasteiger partial charge < -0.3 is 21.5 Å². The number of anilines is 1. The smallest absolute Gasteiger partial charge is 0.227 e. The Labute approximate surface area is 123 Å². The zero-order valence-electron chi connectivity index (χ0n) is 11.9. The molecule has 5 N–H and O–H groups in total. The Morgan fingerprint density at radius 1 is 1.29 bits per heavy atom. The van der Waals surface area contributed by atoms with Crippen LogP contribution < -0.4 is 21.5 Å². The summed E-state index contributed by atoms with van der Waals surface area (Å²) in [6, 6.07) is 7.25. The molecule has 2 atom stereocenters. The van der Waals surface area contributed by atoms with Crippen LogP contribution in [0.1, 0.15) is 25.7 Å². The quantitative estimate of drug-likeness (QED) is 0.726. The minimum absolute atomic E-state index is 0.0334. The Morgan fingerprint density at radius 2 is 2.05 bits per heavy atom. The second-order valence-electron chi connectivity index (χ2n) is 5.32. The number of carbonyl (C=O) groups excluding carboxylic acids is 2. The van der Waals surface area contributed by atoms with Gasteiger partial charge >= 0.3 is 0 Å². The summed E-state index contributed by atoms with van der Waals surface area (Å²) in [6.07, 6.45) is 2.56. The number of amides is 2. The number of hydrogen-bond acceptors (Lipinski definition) is 4. The van der Waals surface area contributed by atoms with Crippen molar-refractivity contribution in [3.8, 4) is 5.75 Å². The van der Waals surface area contributed by atoms with E-state index in [2.05, 4.69) is 5.32 Å². The number of hydrogen-bond donors (Lipinski definition) is 3. The summed E-state index contributed by atoms with van der Waals surface area (Å²) in [5.41, 5.74) is 11.5. The summed E-state index contributed by atoms with van der Waals surface area (Å²) >= 11 is 0. The van der Waals surface area contributed by atoms with Crippen LogP contribution in [-0.2, 0) is 9.59 Å². The predicted molar refractivity (Wildman–Crippen MR) is 79.7 cm³/mol. The molecule has 0 aliphatic heterocycles. The first-order valence-corrected chi connectivity index (χ1v) is 7.13. The highest BCUT2D eigenvalue weighted by atomic mass is 16.5. The Bertz CT molecular complexity index is 519. The molecule has 6 heteroatoms. The van der Waals surface area contributed by atoms with Crippen LogP contribution in [0, 0.1) is 5.92 Å². The van der Waals surface area contributed by atoms with Crippen molar-refractivity contribution in [2.75, 3.05) is 11.9 Å². The molecule has 0 radical (unpaired) electrons. The molecule has 6 nitrogen and oxygen atoms in total. The van der Waals surface area contributed by atoms with E-state index >= 15 is 0 Å². The van der Waals surface area contributed by atoms with E-state index in [4.69, 9.17) is 16.2 Å². The van der Waals surface area contributed by atoms with Crippen molar-refractivity contribution in [2.45, 2.75) is 31.7 Å². The van der Waals surface area contributed by atoms with Gasteiger partial charge in [0.2, 0.25) is 11.8 Å². The number of rotatable bonds is 6. The first-order chi connectivity index (χ1) is 10.1. The molecule has 1 aliphatic rings. The standard InChI is InChI=1S/C15H21N3O3/c16-11-6-5-10(9-11)15(20)18-12-3-1-2-4-13(12)21-8-7-14(17)19/h1-4,10-11H,5-9,16H2,(H2,17,19)(H,18,20). The van der Waals surface area contributed by atoms with Gasteiger partial charge in [0.1, 0.15) is 5.75 Å². The van der Waals surface area contributed by atoms with Crippen LogP contribution in [0.3, 0.4) is 0 Å². The second-order valence-corrected chi connectivity index (χ2v) is 5.32. The molecule has 2 rings (SSSR count). The molecular weight excluding hydrogens is 270 g/mol. The molecule has 2 amide bonds. The highest BCUT2D eigenvalue weighted by Crippen LogP contribution is 2.28. The van der Waals surface area contributed by atoms with Gasteiger partial charge in [0.15, 0.2) is 0 Å². The fourth-order valence-corrected chi connectivity index (χ4v) is 2.45. The lowest BCUT2D eigenvalue weighted by atomic mass is 10.1. The van der Waals surface area contributed by atoms with Gasteiger partial charge in [-0.2, -0.15) is 0 Å². The molecule has 114 valence electrons. The summed E-state index contributed by atoms with van der Waals surface area (Å²) in [5, 5.41) is 2.88. The van der Waals surface area contributed by atoms with Crippen molar-refractivity contribution >= 4 is 17.5 Å². The largest absolute Gasteiger partial charge is 0.491 e. The average Bonchev–Trinajstić information content (AvgIpc) is 2.87. The minimum Gasteiger partial charge on any atom is -0.491 e. The van der Waals surface area contributed by atoms with Gasteiger partial charge in [-0.3, -0.25) is 9.59 Å². The molecule has 1 saturated carbocycles. The minimum atomic E-state index is -0.420. The first-order valence-electron chi connectivity index (χ1n) is 7.13. The van der Waals surface area contributed by atoms with Crippen molar-refractivity contribution in [2.24, 2.45) is 17.4 Å². The van der Waals surface area contributed by atoms with Crippen molar-refractivity contribution in [1.29, 1.82) is 0 Å². The molecule has 0 heterocycles. The molecule has 21 heavy (non-hydrogen) atoms. The van der Waals surface area contributed by atoms with Crippen LogP contribution in [0.15, 0.2) is 24.3 Å². The average molecular weight is 291 g/mol. The zero-order valence-corrected chi connectivity index (χ0v) is 11.9. The van der Waals surface area contributed by atoms with Gasteiger partial charge in [-0.15, -0.1) is 0 Å². The summed E-state index contributed by atoms with van der Waals surface area (Å²) in [5.74, 6) is 0.0402. The molecule has 0 spiro atoms. The molecule has 1 fully saturated rings. The van der Waals surface area contributed by atoms with Crippen molar-refractivity contribution in [1.82, 2.24) is 0 Å². The van der Waals surface area contributed by atoms with E-state index in [0.717, 1.165) is 19.3 Å². The fraction of sp³-hybridized carbons (Fsp3) is 0.467. The van der Waals surface area contributed by atoms with Gasteiger partial charge in [-0.25, -0.2) is 0 Å². The molecule has 1 aliphatic carbocycles. The predicted octanol–water partition coefficient (Wildman–Crippen LogP) is 1.01. The molecule has 1 aromatic carbocycles. The molecule has 0 aromatic heterocycles. The Hall–Kier alpha value is -2.08. The normalized spacial score (nSPS) is 21.0. The number of primary amides is 1. The second kappa shape index (κ2) is 7.08. The number of para-hydroxylation sites is 2. The van der Waals surface area contributed by atoms with E-state index < -0.39 is 5.91 Å². The van der Waals surface area contributed by atoms with Crippen LogP contribution >= 0.6 is 0 Å². The van der Waals surface area contributed by atoms with Crippen LogP contribution in [0.2, 0.25) is 0 Å². The first kappa shape index (κ1) is 15.3. The maximum absolute atomic E-state index is 12.2. The maximum Gasteiger partial charge on any atom is 0.227 e. The number of nitrogens with one attached hydrogen (secondary N) is 1. The van der Waals surface area contributed by atoms with E-state index in [1.54, 1.807) is 18.2 Å². The van der Waals surface area contributed by atoms with Crippen molar-refractivity contribution < 1.29 is 14.3 Å². The highest BCUT2D eigenvalue weighted by molar-refractivity contribution is 5.94. The van der Waals surface area contributed by atoms with Crippen molar-refractivity contribution in [3.05, 3.63) is 24.3 Å². The van der Waals surface area contributed by atoms with E-state index in [1.807, 2.05) is 6.07 Å². The third kappa shape index (κ3) is 4.46. The SMILES string of the molecule is NC(=O)CCOc1ccccc1NC(=O)C1CCC(N)C1. The van der Waals surface area contributed by atoms with E-state index in [1.165, 1.54) is 0 Å². The lowest BCUT2D eigenvalue weighted by Crippen LogP contribution is -2.23. The van der Waals surface area contributed by atoms with Gasteiger partial charge in [0.25, 0.3) is 0 Å². The van der Waals surface area contributed by atoms with Crippen LogP contribution in [-0.4, -0.2) is 24.5 Å². The van der Waals surface area contributed by atoms with E-state index in [-0.39, 0.29) is 30.9 Å². The topological polar surface area (TPSA) is 107 Å². The number of ether oxygens (including phenoxy) is 1. The van der Waals surface area contributed by atoms with Crippen LogP contribution in [0.4, 0.5) is 5.69 Å². The lowest BCUT2D eigenvalue weighted by Gasteiger charge is -2.14. The number of nitrogens with two attached hydrogens (primary N) is 2. The highest BCUT2D eigenvalue weighted by Gasteiger charge is 2.28. The van der Waals surface area contributed by atoms with Crippen LogP contribution in [0.5, 0.6) is 5.75 Å². The Morgan fingerprint density at radius 3 is 2.71 bits per heavy atom. The molecule has 2 unspecified atom stereocenters. The van der Waals surface area contributed by atoms with Crippen LogP contribution in [0.25, 0.3) is 0 Å². The summed E-state index contributed by atoms with van der Waals surface area (Å²) in [4.78, 5) is 22.9. The van der Waals surface area contributed by atoms with Gasteiger partial charge in [0.05, 0.1) is 18.7 Å². The third-order valence-electron chi connectivity index (χ3n) is 3.59. The van der Waals surface area contributed by atoms with Gasteiger partial charge in [0, 0.05) is 12.0 Å². The zero-order chi connectivity index (χ0) is 15.2. The number of benzene rings is 1. The Kier molecular flexibility index (Phi) is 5.16. The molecule has 0 saturated heterocycles. The third-order valence-corrected chi connectivity index (χ3v) is 3.59. The van der Waals surface area contributed by atoms with E-state index in [0.29, 0.717) is 11.4 Å². The Balaban J connectivity index is 1.95. The van der Waals surface area contributed by atoms with Gasteiger partial charge in [-0.1, -0.05) is 12.1 Å². The summed E-state index contributed by atoms with van der Waals surface area (Å²) < 4.78 is 5.49. The summed E-state index contributed by atoms with van der Waals surface area (Å²) in [7, 11) is 0. The lowest BCUT2D eigenvalue weighted by molar-refractivity contribution is -0.120. The molecule has 1 aromatic rings. The monoisotopic (exact) mass is 291 g/mol. The van der Waals surface area contributed by atoms with Crippen molar-refractivity contribution in [3.63, 3.8) is 0 Å². The molecular formula is C15H21N3O3.